The maximum atomic E-state index is 10.9. The zero-order chi connectivity index (χ0) is 20.5. The van der Waals surface area contributed by atoms with Crippen molar-refractivity contribution in [3.8, 4) is 22.8 Å². The van der Waals surface area contributed by atoms with Crippen molar-refractivity contribution in [3.05, 3.63) is 46.2 Å². The Kier molecular flexibility index (Phi) is 5.39. The van der Waals surface area contributed by atoms with E-state index in [9.17, 15) is 4.79 Å². The van der Waals surface area contributed by atoms with E-state index in [0.29, 0.717) is 30.7 Å². The normalized spacial score (nSPS) is 18.4. The summed E-state index contributed by atoms with van der Waals surface area (Å²) in [7, 11) is 0. The third-order valence-electron chi connectivity index (χ3n) is 6.26. The van der Waals surface area contributed by atoms with Gasteiger partial charge >= 0.3 is 5.97 Å². The number of thiophene rings is 1. The van der Waals surface area contributed by atoms with E-state index in [-0.39, 0.29) is 5.92 Å². The summed E-state index contributed by atoms with van der Waals surface area (Å²) < 4.78 is 5.51. The van der Waals surface area contributed by atoms with Crippen LogP contribution >= 0.6 is 11.3 Å². The Hall–Kier alpha value is -2.51. The van der Waals surface area contributed by atoms with Gasteiger partial charge in [-0.05, 0) is 30.4 Å². The number of rotatable bonds is 6. The molecule has 0 bridgehead atoms. The van der Waals surface area contributed by atoms with Crippen molar-refractivity contribution in [2.24, 2.45) is 5.92 Å². The second kappa shape index (κ2) is 8.32. The summed E-state index contributed by atoms with van der Waals surface area (Å²) in [5.74, 6) is 0.890. The molecule has 3 aromatic rings. The van der Waals surface area contributed by atoms with Gasteiger partial charge in [0.15, 0.2) is 0 Å². The topological polar surface area (TPSA) is 79.5 Å². The Morgan fingerprint density at radius 2 is 1.90 bits per heavy atom. The smallest absolute Gasteiger partial charge is 0.309 e. The molecule has 1 aliphatic carbocycles. The molecule has 2 fully saturated rings. The van der Waals surface area contributed by atoms with Crippen molar-refractivity contribution < 1.29 is 14.4 Å². The molecule has 0 unspecified atom stereocenters. The van der Waals surface area contributed by atoms with Crippen LogP contribution in [0.5, 0.6) is 0 Å². The SMILES string of the molecule is O=C(O)C1CN(Cc2cc(-c3nc(-c4ccc(C5CCCCC5)cc4)no3)cs2)C1. The molecular formula is C23H25N3O3S. The predicted molar refractivity (Wildman–Crippen MR) is 115 cm³/mol. The van der Waals surface area contributed by atoms with Crippen LogP contribution in [0.1, 0.15) is 48.5 Å². The lowest BCUT2D eigenvalue weighted by molar-refractivity contribution is -0.147. The number of hydrogen-bond donors (Lipinski definition) is 1. The van der Waals surface area contributed by atoms with Gasteiger partial charge in [0.2, 0.25) is 5.82 Å². The summed E-state index contributed by atoms with van der Waals surface area (Å²) in [4.78, 5) is 18.8. The van der Waals surface area contributed by atoms with Crippen molar-refractivity contribution in [2.75, 3.05) is 13.1 Å². The fourth-order valence-corrected chi connectivity index (χ4v) is 5.35. The molecule has 6 nitrogen and oxygen atoms in total. The van der Waals surface area contributed by atoms with E-state index >= 15 is 0 Å². The van der Waals surface area contributed by atoms with E-state index < -0.39 is 5.97 Å². The van der Waals surface area contributed by atoms with Crippen LogP contribution in [0, 0.1) is 5.92 Å². The van der Waals surface area contributed by atoms with Crippen molar-refractivity contribution in [1.29, 1.82) is 0 Å². The van der Waals surface area contributed by atoms with Crippen LogP contribution in [0.3, 0.4) is 0 Å². The number of carboxylic acids is 1. The minimum atomic E-state index is -0.705. The van der Waals surface area contributed by atoms with Gasteiger partial charge in [-0.25, -0.2) is 0 Å². The lowest BCUT2D eigenvalue weighted by Gasteiger charge is -2.36. The molecule has 5 rings (SSSR count). The van der Waals surface area contributed by atoms with Crippen LogP contribution < -0.4 is 0 Å². The Morgan fingerprint density at radius 3 is 2.63 bits per heavy atom. The van der Waals surface area contributed by atoms with Crippen LogP contribution in [0.15, 0.2) is 40.2 Å². The summed E-state index contributed by atoms with van der Waals surface area (Å²) in [5.41, 5.74) is 3.31. The summed E-state index contributed by atoms with van der Waals surface area (Å²) >= 11 is 1.64. The molecule has 0 atom stereocenters. The molecule has 2 aliphatic rings. The van der Waals surface area contributed by atoms with E-state index in [1.807, 2.05) is 5.38 Å². The van der Waals surface area contributed by atoms with Crippen LogP contribution in [-0.2, 0) is 11.3 Å². The van der Waals surface area contributed by atoms with E-state index in [1.54, 1.807) is 11.3 Å². The van der Waals surface area contributed by atoms with Gasteiger partial charge in [0.1, 0.15) is 0 Å². The van der Waals surface area contributed by atoms with Gasteiger partial charge in [0, 0.05) is 35.5 Å². The first-order valence-electron chi connectivity index (χ1n) is 10.6. The molecule has 1 aliphatic heterocycles. The fourth-order valence-electron chi connectivity index (χ4n) is 4.45. The van der Waals surface area contributed by atoms with Crippen LogP contribution in [-0.4, -0.2) is 39.2 Å². The highest BCUT2D eigenvalue weighted by atomic mass is 32.1. The van der Waals surface area contributed by atoms with Gasteiger partial charge in [0.05, 0.1) is 11.5 Å². The molecule has 30 heavy (non-hydrogen) atoms. The molecule has 0 amide bonds. The lowest BCUT2D eigenvalue weighted by Crippen LogP contribution is -2.49. The Bertz CT molecular complexity index is 1010. The molecule has 7 heteroatoms. The van der Waals surface area contributed by atoms with Crippen LogP contribution in [0.4, 0.5) is 0 Å². The summed E-state index contributed by atoms with van der Waals surface area (Å²) in [6, 6.07) is 10.7. The Labute approximate surface area is 179 Å². The van der Waals surface area contributed by atoms with Gasteiger partial charge < -0.3 is 9.63 Å². The Morgan fingerprint density at radius 1 is 1.13 bits per heavy atom. The number of benzene rings is 1. The highest BCUT2D eigenvalue weighted by molar-refractivity contribution is 7.10. The third-order valence-corrected chi connectivity index (χ3v) is 7.18. The number of likely N-dealkylation sites (tertiary alicyclic amines) is 1. The number of carbonyl (C=O) groups is 1. The van der Waals surface area contributed by atoms with E-state index in [4.69, 9.17) is 9.63 Å². The molecule has 1 N–H and O–H groups in total. The number of nitrogens with zero attached hydrogens (tertiary/aromatic N) is 3. The molecule has 156 valence electrons. The second-order valence-corrected chi connectivity index (χ2v) is 9.41. The van der Waals surface area contributed by atoms with Crippen LogP contribution in [0.25, 0.3) is 22.8 Å². The van der Waals surface area contributed by atoms with E-state index in [1.165, 1.54) is 42.5 Å². The molecular weight excluding hydrogens is 398 g/mol. The second-order valence-electron chi connectivity index (χ2n) is 8.41. The average molecular weight is 424 g/mol. The quantitative estimate of drug-likeness (QED) is 0.599. The Balaban J connectivity index is 1.23. The molecule has 3 heterocycles. The van der Waals surface area contributed by atoms with Gasteiger partial charge in [-0.1, -0.05) is 48.7 Å². The molecule has 0 spiro atoms. The van der Waals surface area contributed by atoms with Crippen molar-refractivity contribution in [2.45, 2.75) is 44.6 Å². The minimum absolute atomic E-state index is 0.229. The van der Waals surface area contributed by atoms with Crippen molar-refractivity contribution in [1.82, 2.24) is 15.0 Å². The zero-order valence-electron chi connectivity index (χ0n) is 16.8. The van der Waals surface area contributed by atoms with Crippen molar-refractivity contribution in [3.63, 3.8) is 0 Å². The molecule has 0 radical (unpaired) electrons. The maximum Gasteiger partial charge on any atom is 0.309 e. The highest BCUT2D eigenvalue weighted by Crippen LogP contribution is 2.34. The molecule has 2 aromatic heterocycles. The first kappa shape index (κ1) is 19.5. The highest BCUT2D eigenvalue weighted by Gasteiger charge is 2.32. The zero-order valence-corrected chi connectivity index (χ0v) is 17.6. The van der Waals surface area contributed by atoms with E-state index in [2.05, 4.69) is 45.4 Å². The number of aromatic nitrogens is 2. The molecule has 1 saturated heterocycles. The largest absolute Gasteiger partial charge is 0.481 e. The van der Waals surface area contributed by atoms with Gasteiger partial charge in [-0.2, -0.15) is 4.98 Å². The van der Waals surface area contributed by atoms with Crippen molar-refractivity contribution >= 4 is 17.3 Å². The van der Waals surface area contributed by atoms with Gasteiger partial charge in [0.25, 0.3) is 5.89 Å². The third kappa shape index (κ3) is 4.04. The first-order valence-corrected chi connectivity index (χ1v) is 11.5. The van der Waals surface area contributed by atoms with E-state index in [0.717, 1.165) is 17.7 Å². The summed E-state index contributed by atoms with van der Waals surface area (Å²) in [6.07, 6.45) is 6.62. The monoisotopic (exact) mass is 423 g/mol. The molecule has 1 saturated carbocycles. The lowest BCUT2D eigenvalue weighted by atomic mass is 9.84. The number of hydrogen-bond acceptors (Lipinski definition) is 6. The standard InChI is InChI=1S/C23H25N3O3S/c27-23(28)19-11-26(12-19)13-20-10-18(14-30-20)22-24-21(25-29-22)17-8-6-16(7-9-17)15-4-2-1-3-5-15/h6-10,14-15,19H,1-5,11-13H2,(H,27,28). The predicted octanol–water partition coefficient (Wildman–Crippen LogP) is 5.03. The average Bonchev–Trinajstić information content (AvgIpc) is 3.40. The fraction of sp³-hybridized carbons (Fsp3) is 0.435. The molecule has 1 aromatic carbocycles. The van der Waals surface area contributed by atoms with Gasteiger partial charge in [-0.15, -0.1) is 11.3 Å². The summed E-state index contributed by atoms with van der Waals surface area (Å²) in [5, 5.41) is 15.2. The van der Waals surface area contributed by atoms with Crippen LogP contribution in [0.2, 0.25) is 0 Å². The number of aliphatic carboxylic acids is 1. The van der Waals surface area contributed by atoms with Gasteiger partial charge in [-0.3, -0.25) is 9.69 Å². The minimum Gasteiger partial charge on any atom is -0.481 e. The number of carboxylic acid groups (broad SMARTS) is 1. The first-order chi connectivity index (χ1) is 14.7. The summed E-state index contributed by atoms with van der Waals surface area (Å²) in [6.45, 7) is 1.99. The maximum absolute atomic E-state index is 10.9.